The standard InChI is InChI=1S/C17H25N5.C6H11NO2/c1-4-22(5-2)17-19-12-15(18)16(21-17)20-13(3)11-14-9-7-6-8-10-14;1-9-6(8)7-4-2-3-5-7/h6-10,12-13H,4-5,11,18H2,1-3H3,(H,19,20,21);2-5H2,1H3/t13-;/m1./s1. The summed E-state index contributed by atoms with van der Waals surface area (Å²) < 4.78 is 4.52. The van der Waals surface area contributed by atoms with Crippen LogP contribution in [0, 0.1) is 0 Å². The number of ether oxygens (including phenoxy) is 1. The summed E-state index contributed by atoms with van der Waals surface area (Å²) >= 11 is 0. The topological polar surface area (TPSA) is 96.6 Å². The van der Waals surface area contributed by atoms with E-state index in [2.05, 4.69) is 70.0 Å². The number of hydrogen-bond donors (Lipinski definition) is 2. The number of carbonyl (C=O) groups is 1. The van der Waals surface area contributed by atoms with Crippen molar-refractivity contribution in [2.45, 2.75) is 46.1 Å². The SMILES string of the molecule is CCN(CC)c1ncc(N)c(N[C@H](C)Cc2ccccc2)n1.COC(=O)N1CCCC1. The first-order valence-corrected chi connectivity index (χ1v) is 11.0. The van der Waals surface area contributed by atoms with Gasteiger partial charge >= 0.3 is 6.09 Å². The zero-order valence-electron chi connectivity index (χ0n) is 19.2. The van der Waals surface area contributed by atoms with Crippen molar-refractivity contribution >= 4 is 23.5 Å². The third kappa shape index (κ3) is 7.62. The van der Waals surface area contributed by atoms with E-state index in [1.807, 2.05) is 6.07 Å². The van der Waals surface area contributed by atoms with Gasteiger partial charge in [-0.15, -0.1) is 0 Å². The molecule has 3 rings (SSSR count). The maximum Gasteiger partial charge on any atom is 0.409 e. The number of likely N-dealkylation sites (tertiary alicyclic amines) is 1. The molecule has 8 nitrogen and oxygen atoms in total. The first-order chi connectivity index (χ1) is 15.0. The molecular formula is C23H36N6O2. The van der Waals surface area contributed by atoms with Crippen molar-refractivity contribution in [2.24, 2.45) is 0 Å². The number of benzene rings is 1. The van der Waals surface area contributed by atoms with Crippen LogP contribution in [0.1, 0.15) is 39.2 Å². The average molecular weight is 429 g/mol. The van der Waals surface area contributed by atoms with Gasteiger partial charge in [-0.3, -0.25) is 0 Å². The van der Waals surface area contributed by atoms with Crippen molar-refractivity contribution in [1.29, 1.82) is 0 Å². The third-order valence-corrected chi connectivity index (χ3v) is 5.16. The van der Waals surface area contributed by atoms with Crippen molar-refractivity contribution in [1.82, 2.24) is 14.9 Å². The second-order valence-electron chi connectivity index (χ2n) is 7.55. The lowest BCUT2D eigenvalue weighted by atomic mass is 10.1. The number of amides is 1. The lowest BCUT2D eigenvalue weighted by Crippen LogP contribution is -2.27. The molecule has 1 aromatic heterocycles. The molecule has 3 N–H and O–H groups in total. The highest BCUT2D eigenvalue weighted by Crippen LogP contribution is 2.19. The molecule has 0 saturated carbocycles. The van der Waals surface area contributed by atoms with Crippen LogP contribution in [0.3, 0.4) is 0 Å². The van der Waals surface area contributed by atoms with Crippen LogP contribution in [-0.4, -0.2) is 60.3 Å². The number of hydrogen-bond acceptors (Lipinski definition) is 7. The van der Waals surface area contributed by atoms with Gasteiger partial charge in [0.2, 0.25) is 5.95 Å². The van der Waals surface area contributed by atoms with Gasteiger partial charge in [-0.05, 0) is 45.6 Å². The van der Waals surface area contributed by atoms with Crippen molar-refractivity contribution in [3.8, 4) is 0 Å². The highest BCUT2D eigenvalue weighted by Gasteiger charge is 2.17. The van der Waals surface area contributed by atoms with Crippen molar-refractivity contribution in [2.75, 3.05) is 49.2 Å². The van der Waals surface area contributed by atoms with E-state index in [1.165, 1.54) is 12.7 Å². The normalized spacial score (nSPS) is 13.7. The molecule has 1 aliphatic rings. The predicted molar refractivity (Wildman–Crippen MR) is 126 cm³/mol. The van der Waals surface area contributed by atoms with Gasteiger partial charge in [0.05, 0.1) is 19.0 Å². The number of rotatable bonds is 7. The number of nitrogens with two attached hydrogens (primary N) is 1. The first-order valence-electron chi connectivity index (χ1n) is 11.0. The van der Waals surface area contributed by atoms with E-state index in [1.54, 1.807) is 11.1 Å². The minimum Gasteiger partial charge on any atom is -0.453 e. The molecule has 0 bridgehead atoms. The van der Waals surface area contributed by atoms with E-state index in [9.17, 15) is 4.79 Å². The summed E-state index contributed by atoms with van der Waals surface area (Å²) in [6, 6.07) is 10.6. The Hall–Kier alpha value is -3.03. The van der Waals surface area contributed by atoms with Gasteiger partial charge in [0.25, 0.3) is 0 Å². The molecule has 1 amide bonds. The van der Waals surface area contributed by atoms with E-state index >= 15 is 0 Å². The van der Waals surface area contributed by atoms with Crippen LogP contribution in [0.25, 0.3) is 0 Å². The van der Waals surface area contributed by atoms with Crippen molar-refractivity contribution in [3.05, 3.63) is 42.1 Å². The maximum absolute atomic E-state index is 10.7. The maximum atomic E-state index is 10.7. The van der Waals surface area contributed by atoms with Crippen LogP contribution in [0.15, 0.2) is 36.5 Å². The van der Waals surface area contributed by atoms with E-state index < -0.39 is 0 Å². The number of nitrogens with zero attached hydrogens (tertiary/aromatic N) is 4. The summed E-state index contributed by atoms with van der Waals surface area (Å²) in [5.41, 5.74) is 7.88. The van der Waals surface area contributed by atoms with Gasteiger partial charge in [-0.25, -0.2) is 9.78 Å². The average Bonchev–Trinajstić information content (AvgIpc) is 3.32. The van der Waals surface area contributed by atoms with Crippen molar-refractivity contribution in [3.63, 3.8) is 0 Å². The monoisotopic (exact) mass is 428 g/mol. The highest BCUT2D eigenvalue weighted by atomic mass is 16.5. The van der Waals surface area contributed by atoms with Gasteiger partial charge in [0.1, 0.15) is 0 Å². The van der Waals surface area contributed by atoms with Crippen LogP contribution in [0.5, 0.6) is 0 Å². The number of aromatic nitrogens is 2. The molecule has 1 atom stereocenters. The largest absolute Gasteiger partial charge is 0.453 e. The molecule has 8 heteroatoms. The summed E-state index contributed by atoms with van der Waals surface area (Å²) in [7, 11) is 1.42. The molecule has 0 radical (unpaired) electrons. The fraction of sp³-hybridized carbons (Fsp3) is 0.522. The zero-order valence-corrected chi connectivity index (χ0v) is 19.2. The summed E-state index contributed by atoms with van der Waals surface area (Å²) in [6.45, 7) is 9.80. The summed E-state index contributed by atoms with van der Waals surface area (Å²) in [4.78, 5) is 23.4. The minimum absolute atomic E-state index is 0.187. The van der Waals surface area contributed by atoms with Gasteiger partial charge in [0, 0.05) is 32.2 Å². The smallest absolute Gasteiger partial charge is 0.409 e. The summed E-state index contributed by atoms with van der Waals surface area (Å²) in [6.07, 6.45) is 4.65. The van der Waals surface area contributed by atoms with Gasteiger partial charge in [-0.2, -0.15) is 4.98 Å². The van der Waals surface area contributed by atoms with Gasteiger partial charge in [-0.1, -0.05) is 30.3 Å². The van der Waals surface area contributed by atoms with Crippen molar-refractivity contribution < 1.29 is 9.53 Å². The Labute approximate surface area is 185 Å². The second-order valence-corrected chi connectivity index (χ2v) is 7.55. The Balaban J connectivity index is 0.000000316. The first kappa shape index (κ1) is 24.2. The molecule has 170 valence electrons. The van der Waals surface area contributed by atoms with E-state index in [0.29, 0.717) is 17.5 Å². The third-order valence-electron chi connectivity index (χ3n) is 5.16. The molecule has 0 unspecified atom stereocenters. The fourth-order valence-electron chi connectivity index (χ4n) is 3.44. The highest BCUT2D eigenvalue weighted by molar-refractivity contribution is 5.67. The molecular weight excluding hydrogens is 392 g/mol. The molecule has 2 aromatic rings. The number of nitrogen functional groups attached to an aromatic ring is 1. The van der Waals surface area contributed by atoms with Gasteiger partial charge < -0.3 is 25.6 Å². The van der Waals surface area contributed by atoms with Crippen LogP contribution < -0.4 is 16.0 Å². The second kappa shape index (κ2) is 12.6. The molecule has 1 saturated heterocycles. The van der Waals surface area contributed by atoms with Crippen LogP contribution in [0.2, 0.25) is 0 Å². The summed E-state index contributed by atoms with van der Waals surface area (Å²) in [5.74, 6) is 1.42. The number of nitrogens with one attached hydrogen (secondary N) is 1. The zero-order chi connectivity index (χ0) is 22.6. The van der Waals surface area contributed by atoms with Crippen LogP contribution in [0.4, 0.5) is 22.2 Å². The molecule has 0 spiro atoms. The van der Waals surface area contributed by atoms with Crippen LogP contribution >= 0.6 is 0 Å². The van der Waals surface area contributed by atoms with Gasteiger partial charge in [0.15, 0.2) is 5.82 Å². The summed E-state index contributed by atoms with van der Waals surface area (Å²) in [5, 5.41) is 3.40. The minimum atomic E-state index is -0.187. The number of anilines is 3. The Morgan fingerprint density at radius 3 is 2.45 bits per heavy atom. The van der Waals surface area contributed by atoms with E-state index in [-0.39, 0.29) is 12.1 Å². The molecule has 1 aliphatic heterocycles. The fourth-order valence-corrected chi connectivity index (χ4v) is 3.44. The quantitative estimate of drug-likeness (QED) is 0.692. The van der Waals surface area contributed by atoms with Crippen LogP contribution in [-0.2, 0) is 11.2 Å². The molecule has 1 aromatic carbocycles. The molecule has 31 heavy (non-hydrogen) atoms. The lowest BCUT2D eigenvalue weighted by Gasteiger charge is -2.21. The number of carbonyl (C=O) groups excluding carboxylic acids is 1. The Kier molecular flexibility index (Phi) is 9.87. The lowest BCUT2D eigenvalue weighted by molar-refractivity contribution is 0.133. The van der Waals surface area contributed by atoms with E-state index in [4.69, 9.17) is 5.73 Å². The molecule has 0 aliphatic carbocycles. The predicted octanol–water partition coefficient (Wildman–Crippen LogP) is 3.80. The number of methoxy groups -OCH3 is 1. The molecule has 1 fully saturated rings. The molecule has 2 heterocycles. The Morgan fingerprint density at radius 2 is 1.87 bits per heavy atom. The Morgan fingerprint density at radius 1 is 1.23 bits per heavy atom. The van der Waals surface area contributed by atoms with E-state index in [0.717, 1.165) is 45.4 Å². The Bertz CT molecular complexity index is 792.